The van der Waals surface area contributed by atoms with Crippen LogP contribution in [0.1, 0.15) is 114 Å². The molecule has 1 amide bonds. The molecule has 2 fully saturated rings. The van der Waals surface area contributed by atoms with E-state index >= 15 is 0 Å². The van der Waals surface area contributed by atoms with Gasteiger partial charge in [-0.05, 0) is 78.1 Å². The number of carbonyl (C=O) groups is 4. The maximum Gasteiger partial charge on any atom is 0.392 e. The van der Waals surface area contributed by atoms with Crippen molar-refractivity contribution in [3.05, 3.63) is 140 Å². The Hall–Kier alpha value is -4.69. The highest BCUT2D eigenvalue weighted by Crippen LogP contribution is 2.56. The van der Waals surface area contributed by atoms with Crippen molar-refractivity contribution < 1.29 is 54.7 Å². The van der Waals surface area contributed by atoms with Crippen molar-refractivity contribution in [3.8, 4) is 0 Å². The standard InChI is InChI=1S/C22H19F5O2.C14H17F2NO3.C10H11Br/c1-21(2,11-18(28)19-16(23)4-3-5-17(19)24)20(29)13-8-6-12(7-9-13)14-10-15(14)22(25,26)27;1-14(2,13(19)17(3)20-4)8-11(18)12-9(15)6-5-7-10(12)16;1-7-6-10(7)8-2-4-9(11)5-3-8/h3-9,14-15H,10-11H2,1-2H3;5-7H,8H2,1-4H3;2-5,7,10H,6H2,1H3/t14?,15-;;7-,10?/m0.0/s1. The van der Waals surface area contributed by atoms with Crippen LogP contribution in [0.25, 0.3) is 0 Å². The monoisotopic (exact) mass is 905 g/mol. The fourth-order valence-electron chi connectivity index (χ4n) is 6.87. The number of carbonyl (C=O) groups excluding carboxylic acids is 4. The van der Waals surface area contributed by atoms with E-state index in [1.165, 1.54) is 88.6 Å². The average molecular weight is 907 g/mol. The van der Waals surface area contributed by atoms with Gasteiger partial charge in [-0.15, -0.1) is 0 Å². The first-order valence-electron chi connectivity index (χ1n) is 19.1. The van der Waals surface area contributed by atoms with Crippen LogP contribution in [0.4, 0.5) is 30.7 Å². The van der Waals surface area contributed by atoms with Gasteiger partial charge in [0.2, 0.25) is 0 Å². The van der Waals surface area contributed by atoms with Crippen LogP contribution >= 0.6 is 15.9 Å². The zero-order valence-electron chi connectivity index (χ0n) is 34.2. The first-order valence-corrected chi connectivity index (χ1v) is 19.9. The highest BCUT2D eigenvalue weighted by molar-refractivity contribution is 9.10. The molecular formula is C46H47BrF7NO5. The van der Waals surface area contributed by atoms with Crippen LogP contribution in [-0.2, 0) is 9.63 Å². The summed E-state index contributed by atoms with van der Waals surface area (Å²) in [5, 5.41) is 0.977. The van der Waals surface area contributed by atoms with E-state index in [9.17, 15) is 49.9 Å². The fourth-order valence-corrected chi connectivity index (χ4v) is 7.13. The smallest absolute Gasteiger partial charge is 0.294 e. The summed E-state index contributed by atoms with van der Waals surface area (Å²) in [5.41, 5.74) is -1.45. The molecule has 4 aromatic rings. The summed E-state index contributed by atoms with van der Waals surface area (Å²) in [6.07, 6.45) is -3.56. The first-order chi connectivity index (χ1) is 27.9. The zero-order chi connectivity index (χ0) is 44.9. The van der Waals surface area contributed by atoms with Crippen LogP contribution in [0, 0.1) is 45.9 Å². The van der Waals surface area contributed by atoms with Crippen molar-refractivity contribution in [2.45, 2.75) is 78.3 Å². The Labute approximate surface area is 353 Å². The number of alkyl halides is 3. The molecule has 0 N–H and O–H groups in total. The molecule has 60 heavy (non-hydrogen) atoms. The Balaban J connectivity index is 0.000000220. The van der Waals surface area contributed by atoms with Crippen molar-refractivity contribution in [1.29, 1.82) is 0 Å². The number of hydroxylamine groups is 2. The third-order valence-electron chi connectivity index (χ3n) is 10.7. The third kappa shape index (κ3) is 12.2. The quantitative estimate of drug-likeness (QED) is 0.0804. The van der Waals surface area contributed by atoms with E-state index in [2.05, 4.69) is 47.1 Å². The van der Waals surface area contributed by atoms with E-state index in [4.69, 9.17) is 4.84 Å². The third-order valence-corrected chi connectivity index (χ3v) is 11.2. The molecule has 0 radical (unpaired) electrons. The van der Waals surface area contributed by atoms with Gasteiger partial charge in [-0.1, -0.05) is 99.1 Å². The first kappa shape index (κ1) is 48.0. The number of hydrogen-bond acceptors (Lipinski definition) is 5. The lowest BCUT2D eigenvalue weighted by atomic mass is 9.78. The number of amides is 1. The van der Waals surface area contributed by atoms with Crippen molar-refractivity contribution >= 4 is 39.2 Å². The van der Waals surface area contributed by atoms with E-state index in [1.54, 1.807) is 0 Å². The normalized spacial score (nSPS) is 18.2. The molecule has 2 aliphatic carbocycles. The number of Topliss-reactive ketones (excluding diaryl/α,β-unsaturated/α-hetero) is 3. The lowest BCUT2D eigenvalue weighted by Crippen LogP contribution is -2.39. The molecule has 14 heteroatoms. The molecule has 4 aromatic carbocycles. The van der Waals surface area contributed by atoms with E-state index in [1.807, 2.05) is 0 Å². The highest BCUT2D eigenvalue weighted by atomic mass is 79.9. The summed E-state index contributed by atoms with van der Waals surface area (Å²) in [7, 11) is 2.71. The molecule has 0 aliphatic heterocycles. The number of halogens is 8. The van der Waals surface area contributed by atoms with Crippen LogP contribution in [0.3, 0.4) is 0 Å². The molecule has 2 saturated carbocycles. The van der Waals surface area contributed by atoms with Gasteiger partial charge in [0.15, 0.2) is 17.3 Å². The Kier molecular flexibility index (Phi) is 15.5. The molecular weight excluding hydrogens is 859 g/mol. The van der Waals surface area contributed by atoms with E-state index in [0.717, 1.165) is 47.2 Å². The van der Waals surface area contributed by atoms with Gasteiger partial charge >= 0.3 is 6.18 Å². The maximum absolute atomic E-state index is 13.8. The van der Waals surface area contributed by atoms with Crippen LogP contribution in [0.15, 0.2) is 89.4 Å². The minimum Gasteiger partial charge on any atom is -0.294 e. The van der Waals surface area contributed by atoms with Gasteiger partial charge in [-0.2, -0.15) is 13.2 Å². The lowest BCUT2D eigenvalue weighted by Gasteiger charge is -2.27. The van der Waals surface area contributed by atoms with Crippen molar-refractivity contribution in [1.82, 2.24) is 5.06 Å². The van der Waals surface area contributed by atoms with E-state index in [0.29, 0.717) is 5.56 Å². The fraction of sp³-hybridized carbons (Fsp3) is 0.391. The topological polar surface area (TPSA) is 80.8 Å². The maximum atomic E-state index is 13.8. The number of hydrogen-bond donors (Lipinski definition) is 0. The van der Waals surface area contributed by atoms with Crippen LogP contribution in [0.5, 0.6) is 0 Å². The number of benzene rings is 4. The molecule has 2 aliphatic rings. The van der Waals surface area contributed by atoms with Crippen LogP contribution in [-0.4, -0.2) is 48.7 Å². The molecule has 0 aromatic heterocycles. The molecule has 6 nitrogen and oxygen atoms in total. The zero-order valence-corrected chi connectivity index (χ0v) is 35.8. The van der Waals surface area contributed by atoms with Gasteiger partial charge in [0.1, 0.15) is 23.3 Å². The number of ketones is 3. The average Bonchev–Trinajstić information content (AvgIpc) is 4.11. The van der Waals surface area contributed by atoms with Gasteiger partial charge in [0, 0.05) is 35.3 Å². The van der Waals surface area contributed by atoms with Gasteiger partial charge in [0.25, 0.3) is 5.91 Å². The molecule has 0 spiro atoms. The largest absolute Gasteiger partial charge is 0.392 e. The Morgan fingerprint density at radius 2 is 1.07 bits per heavy atom. The Bertz CT molecular complexity index is 2150. The minimum absolute atomic E-state index is 0.0327. The second-order valence-electron chi connectivity index (χ2n) is 16.5. The lowest BCUT2D eigenvalue weighted by molar-refractivity contribution is -0.178. The van der Waals surface area contributed by atoms with Crippen molar-refractivity contribution in [3.63, 3.8) is 0 Å². The predicted octanol–water partition coefficient (Wildman–Crippen LogP) is 12.3. The predicted molar refractivity (Wildman–Crippen MR) is 216 cm³/mol. The Morgan fingerprint density at radius 3 is 1.45 bits per heavy atom. The van der Waals surface area contributed by atoms with Gasteiger partial charge in [0.05, 0.1) is 29.6 Å². The molecule has 0 heterocycles. The molecule has 0 saturated heterocycles. The van der Waals surface area contributed by atoms with Gasteiger partial charge < -0.3 is 0 Å². The summed E-state index contributed by atoms with van der Waals surface area (Å²) < 4.78 is 94.0. The summed E-state index contributed by atoms with van der Waals surface area (Å²) in [6.45, 7) is 8.32. The van der Waals surface area contributed by atoms with E-state index in [-0.39, 0.29) is 18.4 Å². The molecule has 0 bridgehead atoms. The van der Waals surface area contributed by atoms with Gasteiger partial charge in [-0.25, -0.2) is 22.6 Å². The van der Waals surface area contributed by atoms with Crippen molar-refractivity contribution in [2.24, 2.45) is 22.7 Å². The Morgan fingerprint density at radius 1 is 0.667 bits per heavy atom. The van der Waals surface area contributed by atoms with Gasteiger partial charge in [-0.3, -0.25) is 24.0 Å². The van der Waals surface area contributed by atoms with Crippen LogP contribution in [0.2, 0.25) is 0 Å². The summed E-state index contributed by atoms with van der Waals surface area (Å²) in [5.74, 6) is -6.52. The summed E-state index contributed by atoms with van der Waals surface area (Å²) >= 11 is 3.43. The minimum atomic E-state index is -4.23. The van der Waals surface area contributed by atoms with Crippen molar-refractivity contribution in [2.75, 3.05) is 14.2 Å². The number of rotatable bonds is 12. The second kappa shape index (κ2) is 19.4. The van der Waals surface area contributed by atoms with E-state index < -0.39 is 92.9 Å². The number of nitrogens with zero attached hydrogens (tertiary/aromatic N) is 1. The van der Waals surface area contributed by atoms with Crippen LogP contribution < -0.4 is 0 Å². The SMILES string of the molecule is CC(C)(CC(=O)c1c(F)cccc1F)C(=O)c1ccc(C2C[C@@H]2C(F)(F)F)cc1.CON(C)C(=O)C(C)(C)CC(=O)c1c(F)cccc1F.C[C@H]1CC1c1ccc(Br)cc1. The second-order valence-corrected chi connectivity index (χ2v) is 17.4. The highest BCUT2D eigenvalue weighted by Gasteiger charge is 2.56. The summed E-state index contributed by atoms with van der Waals surface area (Å²) in [6, 6.07) is 20.8. The molecule has 4 atom stereocenters. The molecule has 6 rings (SSSR count). The molecule has 322 valence electrons. The summed E-state index contributed by atoms with van der Waals surface area (Å²) in [4.78, 5) is 54.0. The molecule has 2 unspecified atom stereocenters.